The molecular weight excluding hydrogens is 418 g/mol. The number of quaternary nitrogens is 1. The summed E-state index contributed by atoms with van der Waals surface area (Å²) in [5, 5.41) is 5.53. The third-order valence-corrected chi connectivity index (χ3v) is 7.06. The van der Waals surface area contributed by atoms with E-state index in [2.05, 4.69) is 72.8 Å². The monoisotopic (exact) mass is 443 g/mol. The topological polar surface area (TPSA) is 0 Å². The summed E-state index contributed by atoms with van der Waals surface area (Å²) < 4.78 is 1.23. The summed E-state index contributed by atoms with van der Waals surface area (Å²) in [6.07, 6.45) is 4.13. The van der Waals surface area contributed by atoms with Crippen molar-refractivity contribution in [3.05, 3.63) is 83.9 Å². The molecule has 2 heterocycles. The van der Waals surface area contributed by atoms with Gasteiger partial charge in [0, 0.05) is 11.1 Å². The third kappa shape index (κ3) is 3.01. The first kappa shape index (κ1) is 18.8. The second-order valence-corrected chi connectivity index (χ2v) is 8.81. The molecule has 0 amide bonds. The van der Waals surface area contributed by atoms with Crippen LogP contribution in [0.5, 0.6) is 0 Å². The molecule has 1 fully saturated rings. The molecular formula is C27H26BrN. The molecule has 2 aliphatic rings. The van der Waals surface area contributed by atoms with Crippen molar-refractivity contribution in [3.63, 3.8) is 0 Å². The van der Waals surface area contributed by atoms with Crippen LogP contribution < -0.4 is 17.0 Å². The van der Waals surface area contributed by atoms with Gasteiger partial charge in [0.05, 0.1) is 13.1 Å². The largest absolute Gasteiger partial charge is 1.00 e. The van der Waals surface area contributed by atoms with Gasteiger partial charge in [0.2, 0.25) is 0 Å². The average molecular weight is 444 g/mol. The molecule has 4 aromatic rings. The fourth-order valence-electron chi connectivity index (χ4n) is 5.77. The fraction of sp³-hybridized carbons (Fsp3) is 0.259. The molecule has 0 bridgehead atoms. The lowest BCUT2D eigenvalue weighted by molar-refractivity contribution is -0.957. The minimum atomic E-state index is 0. The first-order valence-electron chi connectivity index (χ1n) is 10.7. The van der Waals surface area contributed by atoms with Crippen LogP contribution in [-0.2, 0) is 13.1 Å². The van der Waals surface area contributed by atoms with Crippen LogP contribution in [0.25, 0.3) is 32.7 Å². The molecule has 4 aromatic carbocycles. The Morgan fingerprint density at radius 1 is 0.517 bits per heavy atom. The van der Waals surface area contributed by atoms with E-state index >= 15 is 0 Å². The van der Waals surface area contributed by atoms with Gasteiger partial charge in [-0.25, -0.2) is 0 Å². The van der Waals surface area contributed by atoms with Gasteiger partial charge in [-0.15, -0.1) is 0 Å². The number of nitrogens with zero attached hydrogens (tertiary/aromatic N) is 1. The van der Waals surface area contributed by atoms with Gasteiger partial charge in [0.25, 0.3) is 0 Å². The summed E-state index contributed by atoms with van der Waals surface area (Å²) in [4.78, 5) is 0. The first-order valence-corrected chi connectivity index (χ1v) is 10.7. The smallest absolute Gasteiger partial charge is 0.105 e. The van der Waals surface area contributed by atoms with Gasteiger partial charge in [0.1, 0.15) is 13.1 Å². The molecule has 0 atom stereocenters. The molecule has 29 heavy (non-hydrogen) atoms. The van der Waals surface area contributed by atoms with Crippen molar-refractivity contribution in [3.8, 4) is 11.1 Å². The standard InChI is InChI=1S/C27H26N.BrH/c1-6-16-28(17-7-1)18-22-14-12-20-8-2-4-10-24(20)26(22)27-23(19-28)15-13-21-9-3-5-11-25(21)27;/h2-5,8-15H,1,6-7,16-19H2;1H/q+1;/p-1. The van der Waals surface area contributed by atoms with Gasteiger partial charge < -0.3 is 21.5 Å². The first-order chi connectivity index (χ1) is 13.8. The van der Waals surface area contributed by atoms with Crippen LogP contribution in [0.15, 0.2) is 72.8 Å². The van der Waals surface area contributed by atoms with Crippen LogP contribution in [0, 0.1) is 0 Å². The molecule has 146 valence electrons. The molecule has 1 nitrogen and oxygen atoms in total. The van der Waals surface area contributed by atoms with E-state index in [0.29, 0.717) is 0 Å². The van der Waals surface area contributed by atoms with E-state index < -0.39 is 0 Å². The van der Waals surface area contributed by atoms with E-state index in [9.17, 15) is 0 Å². The minimum Gasteiger partial charge on any atom is -1.00 e. The lowest BCUT2D eigenvalue weighted by atomic mass is 9.88. The number of fused-ring (bicyclic) bond motifs is 7. The zero-order chi connectivity index (χ0) is 18.6. The van der Waals surface area contributed by atoms with Crippen LogP contribution in [0.2, 0.25) is 0 Å². The number of hydrogen-bond donors (Lipinski definition) is 0. The molecule has 6 rings (SSSR count). The maximum atomic E-state index is 2.42. The molecule has 2 heteroatoms. The number of benzene rings is 4. The van der Waals surface area contributed by atoms with Gasteiger partial charge in [0.15, 0.2) is 0 Å². The van der Waals surface area contributed by atoms with Gasteiger partial charge >= 0.3 is 0 Å². The molecule has 1 spiro atoms. The van der Waals surface area contributed by atoms with Crippen LogP contribution in [0.4, 0.5) is 0 Å². The summed E-state index contributed by atoms with van der Waals surface area (Å²) in [7, 11) is 0. The second-order valence-electron chi connectivity index (χ2n) is 8.81. The van der Waals surface area contributed by atoms with Crippen LogP contribution in [0.1, 0.15) is 30.4 Å². The highest BCUT2D eigenvalue weighted by Gasteiger charge is 2.35. The molecule has 0 aliphatic carbocycles. The third-order valence-electron chi connectivity index (χ3n) is 7.06. The molecule has 0 unspecified atom stereocenters. The van der Waals surface area contributed by atoms with Crippen LogP contribution >= 0.6 is 0 Å². The lowest BCUT2D eigenvalue weighted by Crippen LogP contribution is -3.00. The Labute approximate surface area is 183 Å². The Hall–Kier alpha value is -2.16. The quantitative estimate of drug-likeness (QED) is 0.363. The number of halogens is 1. The molecule has 1 saturated heterocycles. The van der Waals surface area contributed by atoms with E-state index in [1.165, 1.54) is 93.7 Å². The SMILES string of the molecule is [Br-].c1ccc2c3c(ccc2c1)C[N+]1(CCCCC1)Cc1ccc2ccccc2c1-3. The van der Waals surface area contributed by atoms with Crippen molar-refractivity contribution in [1.29, 1.82) is 0 Å². The Kier molecular flexibility index (Phi) is 4.72. The normalized spacial score (nSPS) is 17.4. The Morgan fingerprint density at radius 3 is 1.52 bits per heavy atom. The van der Waals surface area contributed by atoms with Crippen molar-refractivity contribution in [2.75, 3.05) is 13.1 Å². The van der Waals surface area contributed by atoms with E-state index in [1.807, 2.05) is 0 Å². The summed E-state index contributed by atoms with van der Waals surface area (Å²) in [6, 6.07) is 27.4. The maximum Gasteiger partial charge on any atom is 0.105 e. The van der Waals surface area contributed by atoms with Gasteiger partial charge in [-0.2, -0.15) is 0 Å². The molecule has 0 saturated carbocycles. The summed E-state index contributed by atoms with van der Waals surface area (Å²) in [6.45, 7) is 4.98. The highest BCUT2D eigenvalue weighted by Crippen LogP contribution is 2.44. The lowest BCUT2D eigenvalue weighted by Gasteiger charge is -2.41. The molecule has 0 radical (unpaired) electrons. The number of hydrogen-bond acceptors (Lipinski definition) is 0. The van der Waals surface area contributed by atoms with Crippen molar-refractivity contribution in [2.45, 2.75) is 32.4 Å². The predicted octanol–water partition coefficient (Wildman–Crippen LogP) is 3.68. The highest BCUT2D eigenvalue weighted by molar-refractivity contribution is 6.07. The van der Waals surface area contributed by atoms with E-state index in [-0.39, 0.29) is 17.0 Å². The van der Waals surface area contributed by atoms with E-state index in [1.54, 1.807) is 0 Å². The van der Waals surface area contributed by atoms with Gasteiger partial charge in [-0.05, 0) is 51.9 Å². The Morgan fingerprint density at radius 2 is 1.00 bits per heavy atom. The van der Waals surface area contributed by atoms with Crippen molar-refractivity contribution in [1.82, 2.24) is 0 Å². The summed E-state index contributed by atoms with van der Waals surface area (Å²) in [5.41, 5.74) is 6.06. The molecule has 0 aromatic heterocycles. The summed E-state index contributed by atoms with van der Waals surface area (Å²) >= 11 is 0. The second kappa shape index (κ2) is 7.27. The van der Waals surface area contributed by atoms with Crippen molar-refractivity contribution in [2.24, 2.45) is 0 Å². The zero-order valence-corrected chi connectivity index (χ0v) is 18.3. The highest BCUT2D eigenvalue weighted by atomic mass is 79.9. The summed E-state index contributed by atoms with van der Waals surface area (Å²) in [5.74, 6) is 0. The number of piperidine rings is 1. The van der Waals surface area contributed by atoms with E-state index in [4.69, 9.17) is 0 Å². The number of rotatable bonds is 0. The van der Waals surface area contributed by atoms with Crippen LogP contribution in [0.3, 0.4) is 0 Å². The Balaban J connectivity index is 0.00000181. The van der Waals surface area contributed by atoms with Gasteiger partial charge in [-0.3, -0.25) is 0 Å². The van der Waals surface area contributed by atoms with E-state index in [0.717, 1.165) is 0 Å². The van der Waals surface area contributed by atoms with Crippen molar-refractivity contribution < 1.29 is 21.5 Å². The molecule has 0 N–H and O–H groups in total. The zero-order valence-electron chi connectivity index (χ0n) is 16.7. The Bertz CT molecular complexity index is 1110. The van der Waals surface area contributed by atoms with Crippen LogP contribution in [-0.4, -0.2) is 17.6 Å². The molecule has 2 aliphatic heterocycles. The van der Waals surface area contributed by atoms with Crippen molar-refractivity contribution >= 4 is 21.5 Å². The predicted molar refractivity (Wildman–Crippen MR) is 118 cm³/mol. The average Bonchev–Trinajstić information content (AvgIpc) is 2.88. The fourth-order valence-corrected chi connectivity index (χ4v) is 5.77. The minimum absolute atomic E-state index is 0. The maximum absolute atomic E-state index is 2.42. The van der Waals surface area contributed by atoms with Gasteiger partial charge in [-0.1, -0.05) is 72.8 Å².